The van der Waals surface area contributed by atoms with Gasteiger partial charge in [0.05, 0.1) is 25.8 Å². The number of hydrogen-bond acceptors (Lipinski definition) is 4. The molecular weight excluding hydrogens is 496 g/mol. The first-order valence-corrected chi connectivity index (χ1v) is 10.9. The summed E-state index contributed by atoms with van der Waals surface area (Å²) in [6.45, 7) is 10.0. The normalized spacial score (nSPS) is 22.2. The van der Waals surface area contributed by atoms with Gasteiger partial charge >= 0.3 is 0 Å². The van der Waals surface area contributed by atoms with Crippen LogP contribution in [0.1, 0.15) is 31.4 Å². The highest BCUT2D eigenvalue weighted by atomic mass is 127. The average molecular weight is 533 g/mol. The third-order valence-corrected chi connectivity index (χ3v) is 5.79. The summed E-state index contributed by atoms with van der Waals surface area (Å²) in [7, 11) is 2.20. The molecule has 2 atom stereocenters. The van der Waals surface area contributed by atoms with Crippen molar-refractivity contribution in [3.05, 3.63) is 35.6 Å². The van der Waals surface area contributed by atoms with Crippen molar-refractivity contribution in [2.24, 2.45) is 10.9 Å². The number of nitrogens with zero attached hydrogens (tertiary/aromatic N) is 3. The van der Waals surface area contributed by atoms with Crippen LogP contribution in [0.25, 0.3) is 0 Å². The third kappa shape index (κ3) is 7.94. The first kappa shape index (κ1) is 25.3. The maximum Gasteiger partial charge on any atom is 0.191 e. The molecule has 2 N–H and O–H groups in total. The standard InChI is InChI=1S/C22H36FN5O.HI/c1-3-24-22(25-15-18-5-4-10-27(2)17-18)26-16-21(28-11-13-29-14-12-28)19-6-8-20(23)9-7-19;/h6-9,18,21H,3-5,10-17H2,1-2H3,(H2,24,25,26);1H. The van der Waals surface area contributed by atoms with Gasteiger partial charge in [0, 0.05) is 32.7 Å². The highest BCUT2D eigenvalue weighted by Gasteiger charge is 2.23. The van der Waals surface area contributed by atoms with E-state index in [1.54, 1.807) is 0 Å². The Kier molecular flexibility index (Phi) is 11.3. The van der Waals surface area contributed by atoms with Gasteiger partial charge in [-0.1, -0.05) is 12.1 Å². The molecular formula is C22H37FIN5O. The lowest BCUT2D eigenvalue weighted by Gasteiger charge is -2.34. The maximum absolute atomic E-state index is 13.4. The smallest absolute Gasteiger partial charge is 0.191 e. The zero-order valence-corrected chi connectivity index (χ0v) is 20.6. The molecule has 0 amide bonds. The van der Waals surface area contributed by atoms with Gasteiger partial charge in [-0.2, -0.15) is 0 Å². The Morgan fingerprint density at radius 2 is 1.93 bits per heavy atom. The predicted molar refractivity (Wildman–Crippen MR) is 131 cm³/mol. The zero-order chi connectivity index (χ0) is 20.5. The van der Waals surface area contributed by atoms with Crippen LogP contribution < -0.4 is 10.6 Å². The van der Waals surface area contributed by atoms with Crippen molar-refractivity contribution < 1.29 is 9.13 Å². The number of benzene rings is 1. The number of guanidine groups is 1. The predicted octanol–water partition coefficient (Wildman–Crippen LogP) is 2.71. The van der Waals surface area contributed by atoms with E-state index in [2.05, 4.69) is 34.4 Å². The van der Waals surface area contributed by atoms with Crippen LogP contribution in [-0.2, 0) is 4.74 Å². The first-order chi connectivity index (χ1) is 14.2. The minimum Gasteiger partial charge on any atom is -0.379 e. The minimum absolute atomic E-state index is 0. The molecule has 2 aliphatic heterocycles. The molecule has 2 saturated heterocycles. The van der Waals surface area contributed by atoms with E-state index in [1.807, 2.05) is 12.1 Å². The van der Waals surface area contributed by atoms with E-state index in [0.29, 0.717) is 12.5 Å². The summed E-state index contributed by atoms with van der Waals surface area (Å²) in [5.41, 5.74) is 1.10. The van der Waals surface area contributed by atoms with E-state index >= 15 is 0 Å². The van der Waals surface area contributed by atoms with Gasteiger partial charge in [0.25, 0.3) is 0 Å². The van der Waals surface area contributed by atoms with Crippen molar-refractivity contribution >= 4 is 29.9 Å². The number of nitrogens with one attached hydrogen (secondary N) is 2. The largest absolute Gasteiger partial charge is 0.379 e. The third-order valence-electron chi connectivity index (χ3n) is 5.79. The summed E-state index contributed by atoms with van der Waals surface area (Å²) >= 11 is 0. The van der Waals surface area contributed by atoms with E-state index in [1.165, 1.54) is 31.5 Å². The highest BCUT2D eigenvalue weighted by molar-refractivity contribution is 14.0. The first-order valence-electron chi connectivity index (χ1n) is 10.9. The van der Waals surface area contributed by atoms with Crippen LogP contribution in [0.5, 0.6) is 0 Å². The molecule has 1 aromatic rings. The van der Waals surface area contributed by atoms with Crippen molar-refractivity contribution in [1.29, 1.82) is 0 Å². The molecule has 170 valence electrons. The number of rotatable bonds is 7. The Bertz CT molecular complexity index is 639. The van der Waals surface area contributed by atoms with Gasteiger partial charge in [0.15, 0.2) is 5.96 Å². The number of halogens is 2. The Morgan fingerprint density at radius 1 is 1.20 bits per heavy atom. The molecule has 0 radical (unpaired) electrons. The van der Waals surface area contributed by atoms with Crippen molar-refractivity contribution in [1.82, 2.24) is 20.4 Å². The number of piperidine rings is 1. The fourth-order valence-corrected chi connectivity index (χ4v) is 4.21. The Labute approximate surface area is 197 Å². The molecule has 0 aliphatic carbocycles. The fraction of sp³-hybridized carbons (Fsp3) is 0.682. The van der Waals surface area contributed by atoms with Crippen molar-refractivity contribution in [3.8, 4) is 0 Å². The summed E-state index contributed by atoms with van der Waals surface area (Å²) < 4.78 is 18.9. The molecule has 6 nitrogen and oxygen atoms in total. The number of morpholine rings is 1. The van der Waals surface area contributed by atoms with Gasteiger partial charge in [-0.05, 0) is 57.0 Å². The Hall–Kier alpha value is -0.970. The summed E-state index contributed by atoms with van der Waals surface area (Å²) in [6, 6.07) is 6.95. The van der Waals surface area contributed by atoms with Gasteiger partial charge < -0.3 is 20.3 Å². The monoisotopic (exact) mass is 533 g/mol. The van der Waals surface area contributed by atoms with E-state index in [9.17, 15) is 4.39 Å². The molecule has 2 unspecified atom stereocenters. The average Bonchev–Trinajstić information content (AvgIpc) is 2.74. The van der Waals surface area contributed by atoms with Crippen molar-refractivity contribution in [2.45, 2.75) is 25.8 Å². The summed E-state index contributed by atoms with van der Waals surface area (Å²) in [4.78, 5) is 9.69. The van der Waals surface area contributed by atoms with Crippen LogP contribution >= 0.6 is 24.0 Å². The van der Waals surface area contributed by atoms with Gasteiger partial charge in [0.2, 0.25) is 0 Å². The van der Waals surface area contributed by atoms with Crippen LogP contribution in [-0.4, -0.2) is 81.8 Å². The highest BCUT2D eigenvalue weighted by Crippen LogP contribution is 2.23. The SMILES string of the molecule is CCNC(=NCC(c1ccc(F)cc1)N1CCOCC1)NCC1CCCN(C)C1.I. The fourth-order valence-electron chi connectivity index (χ4n) is 4.21. The minimum atomic E-state index is -0.203. The van der Waals surface area contributed by atoms with Crippen LogP contribution in [0.3, 0.4) is 0 Å². The molecule has 0 bridgehead atoms. The number of aliphatic imine (C=N–C) groups is 1. The van der Waals surface area contributed by atoms with E-state index in [-0.39, 0.29) is 35.8 Å². The van der Waals surface area contributed by atoms with Gasteiger partial charge in [-0.25, -0.2) is 4.39 Å². The molecule has 1 aromatic carbocycles. The van der Waals surface area contributed by atoms with Gasteiger partial charge in [0.1, 0.15) is 5.82 Å². The van der Waals surface area contributed by atoms with Gasteiger partial charge in [-0.3, -0.25) is 9.89 Å². The zero-order valence-electron chi connectivity index (χ0n) is 18.3. The molecule has 0 aromatic heterocycles. The van der Waals surface area contributed by atoms with E-state index < -0.39 is 0 Å². The maximum atomic E-state index is 13.4. The molecule has 30 heavy (non-hydrogen) atoms. The Balaban J connectivity index is 0.00000320. The number of ether oxygens (including phenoxy) is 1. The molecule has 3 rings (SSSR count). The quantitative estimate of drug-likeness (QED) is 0.321. The van der Waals surface area contributed by atoms with Crippen molar-refractivity contribution in [3.63, 3.8) is 0 Å². The summed E-state index contributed by atoms with van der Waals surface area (Å²) in [6.07, 6.45) is 2.53. The van der Waals surface area contributed by atoms with E-state index in [4.69, 9.17) is 9.73 Å². The summed E-state index contributed by atoms with van der Waals surface area (Å²) in [5.74, 6) is 1.32. The second-order valence-corrected chi connectivity index (χ2v) is 8.09. The molecule has 8 heteroatoms. The topological polar surface area (TPSA) is 52.1 Å². The van der Waals surface area contributed by atoms with Crippen LogP contribution in [0.2, 0.25) is 0 Å². The lowest BCUT2D eigenvalue weighted by molar-refractivity contribution is 0.0179. The number of hydrogen-bond donors (Lipinski definition) is 2. The van der Waals surface area contributed by atoms with E-state index in [0.717, 1.165) is 57.5 Å². The second-order valence-electron chi connectivity index (χ2n) is 8.09. The van der Waals surface area contributed by atoms with Crippen LogP contribution in [0, 0.1) is 11.7 Å². The summed E-state index contributed by atoms with van der Waals surface area (Å²) in [5, 5.41) is 6.91. The van der Waals surface area contributed by atoms with Crippen molar-refractivity contribution in [2.75, 3.05) is 66.1 Å². The van der Waals surface area contributed by atoms with Crippen LogP contribution in [0.4, 0.5) is 4.39 Å². The lowest BCUT2D eigenvalue weighted by Crippen LogP contribution is -2.44. The van der Waals surface area contributed by atoms with Gasteiger partial charge in [-0.15, -0.1) is 24.0 Å². The molecule has 0 saturated carbocycles. The molecule has 2 heterocycles. The molecule has 0 spiro atoms. The molecule has 2 aliphatic rings. The van der Waals surface area contributed by atoms with Crippen LogP contribution in [0.15, 0.2) is 29.3 Å². The lowest BCUT2D eigenvalue weighted by atomic mass is 9.99. The number of likely N-dealkylation sites (tertiary alicyclic amines) is 1. The Morgan fingerprint density at radius 3 is 2.60 bits per heavy atom. The molecule has 2 fully saturated rings. The second kappa shape index (κ2) is 13.4.